The molecule has 0 radical (unpaired) electrons. The number of methoxy groups -OCH3 is 1. The maximum Gasteiger partial charge on any atom is 0.416 e. The van der Waals surface area contributed by atoms with Crippen LogP contribution >= 0.6 is 0 Å². The molecule has 2 amide bonds. The molecular weight excluding hydrogens is 567 g/mol. The highest BCUT2D eigenvalue weighted by molar-refractivity contribution is 6.00. The molecule has 4 aromatic heterocycles. The molecule has 0 spiro atoms. The van der Waals surface area contributed by atoms with Crippen LogP contribution in [0.4, 0.5) is 29.3 Å². The first kappa shape index (κ1) is 27.2. The lowest BCUT2D eigenvalue weighted by Gasteiger charge is -2.15. The van der Waals surface area contributed by atoms with Gasteiger partial charge < -0.3 is 20.1 Å². The summed E-state index contributed by atoms with van der Waals surface area (Å²) in [7, 11) is 1.54. The van der Waals surface area contributed by atoms with Crippen molar-refractivity contribution in [2.75, 3.05) is 17.7 Å². The van der Waals surface area contributed by atoms with E-state index in [1.807, 2.05) is 12.1 Å². The molecule has 12 nitrogen and oxygen atoms in total. The molecule has 6 aromatic rings. The molecule has 15 heteroatoms. The van der Waals surface area contributed by atoms with E-state index in [2.05, 4.69) is 35.8 Å². The van der Waals surface area contributed by atoms with Gasteiger partial charge in [-0.1, -0.05) is 12.1 Å². The van der Waals surface area contributed by atoms with Gasteiger partial charge in [-0.05, 0) is 42.0 Å². The summed E-state index contributed by atoms with van der Waals surface area (Å²) in [4.78, 5) is 25.3. The molecule has 0 unspecified atom stereocenters. The van der Waals surface area contributed by atoms with E-state index in [4.69, 9.17) is 9.47 Å². The summed E-state index contributed by atoms with van der Waals surface area (Å²) in [6.45, 7) is 0. The summed E-state index contributed by atoms with van der Waals surface area (Å²) < 4.78 is 53.8. The fourth-order valence-corrected chi connectivity index (χ4v) is 4.12. The molecule has 0 saturated heterocycles. The third-order valence-electron chi connectivity index (χ3n) is 6.14. The molecule has 0 aliphatic heterocycles. The number of rotatable bonds is 7. The van der Waals surface area contributed by atoms with Crippen molar-refractivity contribution in [1.82, 2.24) is 34.3 Å². The molecule has 0 fully saturated rings. The van der Waals surface area contributed by atoms with Gasteiger partial charge >= 0.3 is 18.2 Å². The van der Waals surface area contributed by atoms with Gasteiger partial charge in [0.25, 0.3) is 0 Å². The molecular formula is C28H20F3N9O3. The van der Waals surface area contributed by atoms with Gasteiger partial charge in [0, 0.05) is 30.2 Å². The van der Waals surface area contributed by atoms with Crippen LogP contribution in [0.25, 0.3) is 22.5 Å². The van der Waals surface area contributed by atoms with Crippen LogP contribution in [0, 0.1) is 0 Å². The minimum atomic E-state index is -4.60. The van der Waals surface area contributed by atoms with Crippen LogP contribution < -0.4 is 20.1 Å². The summed E-state index contributed by atoms with van der Waals surface area (Å²) in [5.74, 6) is 0.927. The topological polar surface area (TPSA) is 133 Å². The molecule has 0 bridgehead atoms. The molecule has 0 atom stereocenters. The Morgan fingerprint density at radius 1 is 0.930 bits per heavy atom. The lowest BCUT2D eigenvalue weighted by molar-refractivity contribution is -0.137. The SMILES string of the molecule is COc1ccn2ncc(-c3ccc(Oc4ncc(NC(=O)Nc5cc(C(F)(F)F)ccc5-n5cccn5)cn4)cc3)c2n1. The minimum absolute atomic E-state index is 0.0138. The van der Waals surface area contributed by atoms with Gasteiger partial charge in [0.2, 0.25) is 5.88 Å². The summed E-state index contributed by atoms with van der Waals surface area (Å²) in [6, 6.07) is 12.6. The van der Waals surface area contributed by atoms with Crippen molar-refractivity contribution in [2.24, 2.45) is 0 Å². The Morgan fingerprint density at radius 3 is 2.42 bits per heavy atom. The van der Waals surface area contributed by atoms with Crippen LogP contribution in [0.3, 0.4) is 0 Å². The number of nitrogens with one attached hydrogen (secondary N) is 2. The molecule has 43 heavy (non-hydrogen) atoms. The standard InChI is InChI=1S/C28H20F3N9O3/c1-42-24-9-12-40-25(38-24)21(16-35-40)17-3-6-20(7-4-17)43-27-32-14-19(15-33-27)36-26(41)37-22-13-18(28(29,30)31)5-8-23(22)39-11-2-10-34-39/h2-16H,1H3,(H2,36,37,41). The van der Waals surface area contributed by atoms with Crippen molar-refractivity contribution in [1.29, 1.82) is 0 Å². The predicted octanol–water partition coefficient (Wildman–Crippen LogP) is 5.84. The lowest BCUT2D eigenvalue weighted by Crippen LogP contribution is -2.21. The summed E-state index contributed by atoms with van der Waals surface area (Å²) in [6.07, 6.45) is 4.47. The van der Waals surface area contributed by atoms with Gasteiger partial charge in [0.1, 0.15) is 5.75 Å². The normalized spacial score (nSPS) is 11.3. The second kappa shape index (κ2) is 11.1. The number of hydrogen-bond acceptors (Lipinski definition) is 8. The maximum atomic E-state index is 13.3. The number of aromatic nitrogens is 7. The highest BCUT2D eigenvalue weighted by atomic mass is 19.4. The maximum absolute atomic E-state index is 13.3. The van der Waals surface area contributed by atoms with E-state index in [9.17, 15) is 18.0 Å². The van der Waals surface area contributed by atoms with E-state index in [1.54, 1.807) is 54.5 Å². The van der Waals surface area contributed by atoms with E-state index >= 15 is 0 Å². The van der Waals surface area contributed by atoms with Crippen molar-refractivity contribution in [3.8, 4) is 34.5 Å². The second-order valence-corrected chi connectivity index (χ2v) is 8.94. The number of amides is 2. The highest BCUT2D eigenvalue weighted by Gasteiger charge is 2.31. The largest absolute Gasteiger partial charge is 0.481 e. The van der Waals surface area contributed by atoms with E-state index in [-0.39, 0.29) is 23.1 Å². The van der Waals surface area contributed by atoms with E-state index in [0.717, 1.165) is 23.3 Å². The number of urea groups is 1. The number of nitrogens with zero attached hydrogens (tertiary/aromatic N) is 7. The molecule has 0 aliphatic carbocycles. The number of hydrogen-bond donors (Lipinski definition) is 2. The monoisotopic (exact) mass is 587 g/mol. The average molecular weight is 588 g/mol. The van der Waals surface area contributed by atoms with Gasteiger partial charge in [0.05, 0.1) is 48.3 Å². The lowest BCUT2D eigenvalue weighted by atomic mass is 10.1. The molecule has 2 aromatic carbocycles. The first-order chi connectivity index (χ1) is 20.8. The third-order valence-corrected chi connectivity index (χ3v) is 6.14. The van der Waals surface area contributed by atoms with E-state index in [0.29, 0.717) is 17.3 Å². The summed E-state index contributed by atoms with van der Waals surface area (Å²) >= 11 is 0. The van der Waals surface area contributed by atoms with Gasteiger partial charge in [-0.3, -0.25) is 0 Å². The minimum Gasteiger partial charge on any atom is -0.481 e. The smallest absolute Gasteiger partial charge is 0.416 e. The van der Waals surface area contributed by atoms with Crippen molar-refractivity contribution in [2.45, 2.75) is 6.18 Å². The Balaban J connectivity index is 1.12. The average Bonchev–Trinajstić information content (AvgIpc) is 3.68. The molecule has 4 heterocycles. The molecule has 0 aliphatic rings. The number of anilines is 2. The van der Waals surface area contributed by atoms with Crippen LogP contribution in [-0.2, 0) is 6.18 Å². The van der Waals surface area contributed by atoms with E-state index in [1.165, 1.54) is 29.3 Å². The van der Waals surface area contributed by atoms with Crippen molar-refractivity contribution in [3.05, 3.63) is 97.3 Å². The molecule has 2 N–H and O–H groups in total. The number of benzene rings is 2. The zero-order chi connectivity index (χ0) is 30.0. The highest BCUT2D eigenvalue weighted by Crippen LogP contribution is 2.33. The van der Waals surface area contributed by atoms with Gasteiger partial charge in [-0.25, -0.2) is 24.0 Å². The quantitative estimate of drug-likeness (QED) is 0.238. The third kappa shape index (κ3) is 5.90. The van der Waals surface area contributed by atoms with Crippen LogP contribution in [0.2, 0.25) is 0 Å². The summed E-state index contributed by atoms with van der Waals surface area (Å²) in [5.41, 5.74) is 1.70. The fraction of sp³-hybridized carbons (Fsp3) is 0.0714. The van der Waals surface area contributed by atoms with Gasteiger partial charge in [0.15, 0.2) is 5.65 Å². The Morgan fingerprint density at radius 2 is 1.72 bits per heavy atom. The van der Waals surface area contributed by atoms with E-state index < -0.39 is 17.8 Å². The second-order valence-electron chi connectivity index (χ2n) is 8.94. The number of carbonyl (C=O) groups excluding carboxylic acids is 1. The van der Waals surface area contributed by atoms with Crippen LogP contribution in [0.1, 0.15) is 5.56 Å². The van der Waals surface area contributed by atoms with Crippen LogP contribution in [-0.4, -0.2) is 47.5 Å². The fourth-order valence-electron chi connectivity index (χ4n) is 4.12. The zero-order valence-corrected chi connectivity index (χ0v) is 22.1. The number of halogens is 3. The van der Waals surface area contributed by atoms with Crippen molar-refractivity contribution in [3.63, 3.8) is 0 Å². The molecule has 0 saturated carbocycles. The summed E-state index contributed by atoms with van der Waals surface area (Å²) in [5, 5.41) is 13.3. The number of fused-ring (bicyclic) bond motifs is 1. The van der Waals surface area contributed by atoms with Gasteiger partial charge in [-0.2, -0.15) is 28.4 Å². The first-order valence-corrected chi connectivity index (χ1v) is 12.5. The zero-order valence-electron chi connectivity index (χ0n) is 22.1. The van der Waals surface area contributed by atoms with Crippen molar-refractivity contribution >= 4 is 23.1 Å². The number of carbonyl (C=O) groups is 1. The van der Waals surface area contributed by atoms with Crippen LogP contribution in [0.5, 0.6) is 17.6 Å². The Bertz CT molecular complexity index is 1890. The molecule has 6 rings (SSSR count). The molecule has 216 valence electrons. The number of ether oxygens (including phenoxy) is 2. The Labute approximate surface area is 240 Å². The van der Waals surface area contributed by atoms with Crippen LogP contribution in [0.15, 0.2) is 91.8 Å². The Kier molecular flexibility index (Phi) is 7.03. The van der Waals surface area contributed by atoms with Gasteiger partial charge in [-0.15, -0.1) is 0 Å². The Hall–Kier alpha value is -5.99. The number of alkyl halides is 3. The predicted molar refractivity (Wildman–Crippen MR) is 148 cm³/mol. The van der Waals surface area contributed by atoms with Crippen molar-refractivity contribution < 1.29 is 27.4 Å². The first-order valence-electron chi connectivity index (χ1n) is 12.5.